The predicted molar refractivity (Wildman–Crippen MR) is 71.2 cm³/mol. The van der Waals surface area contributed by atoms with Gasteiger partial charge in [0.15, 0.2) is 11.5 Å². The SMILES string of the molecule is CCCCCCC(C)OCc1cc(C(=O)NN)no1. The quantitative estimate of drug-likeness (QED) is 0.310. The monoisotopic (exact) mass is 269 g/mol. The van der Waals surface area contributed by atoms with Crippen LogP contribution in [0.3, 0.4) is 0 Å². The van der Waals surface area contributed by atoms with Gasteiger partial charge in [-0.05, 0) is 13.3 Å². The fourth-order valence-electron chi connectivity index (χ4n) is 1.73. The van der Waals surface area contributed by atoms with Crippen molar-refractivity contribution in [3.63, 3.8) is 0 Å². The van der Waals surface area contributed by atoms with Gasteiger partial charge in [0.25, 0.3) is 5.91 Å². The lowest BCUT2D eigenvalue weighted by Crippen LogP contribution is -2.30. The van der Waals surface area contributed by atoms with Gasteiger partial charge in [-0.25, -0.2) is 5.84 Å². The van der Waals surface area contributed by atoms with E-state index in [0.717, 1.165) is 6.42 Å². The largest absolute Gasteiger partial charge is 0.370 e. The number of nitrogen functional groups attached to an aromatic ring is 1. The van der Waals surface area contributed by atoms with E-state index in [9.17, 15) is 4.79 Å². The number of amides is 1. The number of nitrogens with two attached hydrogens (primary N) is 1. The van der Waals surface area contributed by atoms with Crippen molar-refractivity contribution in [3.8, 4) is 0 Å². The van der Waals surface area contributed by atoms with Gasteiger partial charge in [-0.15, -0.1) is 0 Å². The Kier molecular flexibility index (Phi) is 7.14. The molecule has 0 aliphatic heterocycles. The standard InChI is InChI=1S/C13H23N3O3/c1-3-4-5-6-7-10(2)18-9-11-8-12(16-19-11)13(17)15-14/h8,10H,3-7,9,14H2,1-2H3,(H,15,17). The number of carbonyl (C=O) groups is 1. The van der Waals surface area contributed by atoms with Crippen LogP contribution in [0.5, 0.6) is 0 Å². The summed E-state index contributed by atoms with van der Waals surface area (Å²) in [6.45, 7) is 4.55. The number of unbranched alkanes of at least 4 members (excludes halogenated alkanes) is 3. The molecular formula is C13H23N3O3. The lowest BCUT2D eigenvalue weighted by atomic mass is 10.1. The first-order chi connectivity index (χ1) is 9.17. The molecule has 0 aliphatic carbocycles. The van der Waals surface area contributed by atoms with Crippen LogP contribution in [0.1, 0.15) is 62.2 Å². The third kappa shape index (κ3) is 5.85. The molecule has 0 spiro atoms. The molecule has 6 heteroatoms. The highest BCUT2D eigenvalue weighted by Gasteiger charge is 2.12. The lowest BCUT2D eigenvalue weighted by Gasteiger charge is -2.11. The lowest BCUT2D eigenvalue weighted by molar-refractivity contribution is 0.0333. The summed E-state index contributed by atoms with van der Waals surface area (Å²) in [4.78, 5) is 11.2. The van der Waals surface area contributed by atoms with Gasteiger partial charge in [0.05, 0.1) is 6.10 Å². The van der Waals surface area contributed by atoms with Gasteiger partial charge in [-0.3, -0.25) is 10.2 Å². The Morgan fingerprint density at radius 1 is 1.53 bits per heavy atom. The molecule has 0 radical (unpaired) electrons. The van der Waals surface area contributed by atoms with Crippen molar-refractivity contribution in [2.75, 3.05) is 0 Å². The number of aromatic nitrogens is 1. The van der Waals surface area contributed by atoms with Crippen molar-refractivity contribution in [2.24, 2.45) is 5.84 Å². The summed E-state index contributed by atoms with van der Waals surface area (Å²) in [5.74, 6) is 5.06. The first-order valence-corrected chi connectivity index (χ1v) is 6.75. The van der Waals surface area contributed by atoms with Gasteiger partial charge in [-0.2, -0.15) is 0 Å². The minimum atomic E-state index is -0.470. The number of carbonyl (C=O) groups excluding carboxylic acids is 1. The highest BCUT2D eigenvalue weighted by molar-refractivity contribution is 5.91. The molecule has 0 saturated carbocycles. The zero-order valence-corrected chi connectivity index (χ0v) is 11.6. The number of ether oxygens (including phenoxy) is 1. The van der Waals surface area contributed by atoms with Crippen molar-refractivity contribution in [2.45, 2.75) is 58.7 Å². The van der Waals surface area contributed by atoms with Crippen LogP contribution < -0.4 is 11.3 Å². The Morgan fingerprint density at radius 2 is 2.32 bits per heavy atom. The number of nitrogens with one attached hydrogen (secondary N) is 1. The van der Waals surface area contributed by atoms with Crippen LogP contribution in [0.2, 0.25) is 0 Å². The van der Waals surface area contributed by atoms with E-state index in [4.69, 9.17) is 15.1 Å². The van der Waals surface area contributed by atoms with E-state index in [-0.39, 0.29) is 11.8 Å². The Morgan fingerprint density at radius 3 is 3.00 bits per heavy atom. The average Bonchev–Trinajstić information content (AvgIpc) is 2.89. The van der Waals surface area contributed by atoms with Crippen LogP contribution in [0, 0.1) is 0 Å². The highest BCUT2D eigenvalue weighted by atomic mass is 16.5. The molecule has 1 amide bonds. The maximum Gasteiger partial charge on any atom is 0.287 e. The van der Waals surface area contributed by atoms with Gasteiger partial charge in [0.1, 0.15) is 6.61 Å². The minimum absolute atomic E-state index is 0.164. The third-order valence-electron chi connectivity index (χ3n) is 2.90. The van der Waals surface area contributed by atoms with E-state index >= 15 is 0 Å². The zero-order valence-electron chi connectivity index (χ0n) is 11.6. The molecule has 1 heterocycles. The molecule has 3 N–H and O–H groups in total. The maximum absolute atomic E-state index is 11.2. The topological polar surface area (TPSA) is 90.4 Å². The molecule has 0 saturated heterocycles. The van der Waals surface area contributed by atoms with E-state index < -0.39 is 5.91 Å². The Bertz CT molecular complexity index is 379. The van der Waals surface area contributed by atoms with Crippen LogP contribution in [0.15, 0.2) is 10.6 Å². The molecule has 0 bridgehead atoms. The third-order valence-corrected chi connectivity index (χ3v) is 2.90. The molecule has 1 aromatic rings. The summed E-state index contributed by atoms with van der Waals surface area (Å²) in [6.07, 6.45) is 6.13. The van der Waals surface area contributed by atoms with E-state index in [0.29, 0.717) is 12.4 Å². The molecule has 1 aromatic heterocycles. The summed E-state index contributed by atoms with van der Waals surface area (Å²) in [7, 11) is 0. The second kappa shape index (κ2) is 8.66. The van der Waals surface area contributed by atoms with Crippen LogP contribution in [0.4, 0.5) is 0 Å². The molecule has 1 unspecified atom stereocenters. The van der Waals surface area contributed by atoms with Crippen molar-refractivity contribution in [3.05, 3.63) is 17.5 Å². The highest BCUT2D eigenvalue weighted by Crippen LogP contribution is 2.11. The molecular weight excluding hydrogens is 246 g/mol. The molecule has 6 nitrogen and oxygen atoms in total. The zero-order chi connectivity index (χ0) is 14.1. The van der Waals surface area contributed by atoms with Gasteiger partial charge in [0, 0.05) is 6.07 Å². The molecule has 0 aliphatic rings. The Labute approximate surface area is 113 Å². The second-order valence-corrected chi connectivity index (χ2v) is 4.62. The van der Waals surface area contributed by atoms with E-state index in [2.05, 4.69) is 12.1 Å². The Balaban J connectivity index is 2.24. The van der Waals surface area contributed by atoms with Crippen molar-refractivity contribution in [1.29, 1.82) is 0 Å². The summed E-state index contributed by atoms with van der Waals surface area (Å²) < 4.78 is 10.6. The van der Waals surface area contributed by atoms with Crippen molar-refractivity contribution in [1.82, 2.24) is 10.6 Å². The average molecular weight is 269 g/mol. The Hall–Kier alpha value is -1.40. The van der Waals surface area contributed by atoms with Crippen LogP contribution in [-0.2, 0) is 11.3 Å². The summed E-state index contributed by atoms with van der Waals surface area (Å²) in [6, 6.07) is 1.53. The van der Waals surface area contributed by atoms with Crippen LogP contribution >= 0.6 is 0 Å². The van der Waals surface area contributed by atoms with Crippen molar-refractivity contribution >= 4 is 5.91 Å². The normalized spacial score (nSPS) is 12.4. The fourth-order valence-corrected chi connectivity index (χ4v) is 1.73. The van der Waals surface area contributed by atoms with E-state index in [1.807, 2.05) is 12.3 Å². The summed E-state index contributed by atoms with van der Waals surface area (Å²) >= 11 is 0. The predicted octanol–water partition coefficient (Wildman–Crippen LogP) is 2.15. The van der Waals surface area contributed by atoms with E-state index in [1.54, 1.807) is 0 Å². The minimum Gasteiger partial charge on any atom is -0.370 e. The summed E-state index contributed by atoms with van der Waals surface area (Å²) in [5, 5.41) is 3.60. The number of hydrogen-bond acceptors (Lipinski definition) is 5. The molecule has 0 aromatic carbocycles. The maximum atomic E-state index is 11.2. The number of hydrogen-bond donors (Lipinski definition) is 2. The van der Waals surface area contributed by atoms with Gasteiger partial charge in [-0.1, -0.05) is 37.8 Å². The molecule has 1 atom stereocenters. The van der Waals surface area contributed by atoms with Crippen LogP contribution in [-0.4, -0.2) is 17.2 Å². The number of nitrogens with zero attached hydrogens (tertiary/aromatic N) is 1. The van der Waals surface area contributed by atoms with E-state index in [1.165, 1.54) is 31.7 Å². The van der Waals surface area contributed by atoms with Crippen LogP contribution in [0.25, 0.3) is 0 Å². The molecule has 1 rings (SSSR count). The van der Waals surface area contributed by atoms with Gasteiger partial charge < -0.3 is 9.26 Å². The van der Waals surface area contributed by atoms with Crippen molar-refractivity contribution < 1.29 is 14.1 Å². The molecule has 108 valence electrons. The van der Waals surface area contributed by atoms with Gasteiger partial charge >= 0.3 is 0 Å². The summed E-state index contributed by atoms with van der Waals surface area (Å²) in [5.41, 5.74) is 2.16. The number of rotatable bonds is 9. The first kappa shape index (κ1) is 15.7. The fraction of sp³-hybridized carbons (Fsp3) is 0.692. The smallest absolute Gasteiger partial charge is 0.287 e. The van der Waals surface area contributed by atoms with Gasteiger partial charge in [0.2, 0.25) is 0 Å². The first-order valence-electron chi connectivity index (χ1n) is 6.75. The number of hydrazine groups is 1. The molecule has 19 heavy (non-hydrogen) atoms. The molecule has 0 fully saturated rings. The second-order valence-electron chi connectivity index (χ2n) is 4.62.